The van der Waals surface area contributed by atoms with Crippen molar-refractivity contribution in [1.29, 1.82) is 0 Å². The number of carbonyl (C=O) groups is 1. The van der Waals surface area contributed by atoms with Gasteiger partial charge in [-0.15, -0.1) is 0 Å². The fourth-order valence-corrected chi connectivity index (χ4v) is 2.32. The van der Waals surface area contributed by atoms with E-state index in [0.717, 1.165) is 12.3 Å². The maximum Gasteiger partial charge on any atom is 0.291 e. The molecule has 1 N–H and O–H groups in total. The number of nitrogens with one attached hydrogen (secondary N) is 1. The lowest BCUT2D eigenvalue weighted by molar-refractivity contribution is 0.0993. The Hall–Kier alpha value is -3.12. The number of rotatable bonds is 5. The summed E-state index contributed by atoms with van der Waals surface area (Å²) in [6.07, 6.45) is 1.02. The number of halogens is 2. The van der Waals surface area contributed by atoms with Crippen LogP contribution in [0.1, 0.15) is 16.1 Å². The first-order chi connectivity index (χ1) is 12.5. The largest absolute Gasteiger partial charge is 0.482 e. The van der Waals surface area contributed by atoms with Gasteiger partial charge in [0.25, 0.3) is 5.91 Å². The minimum Gasteiger partial charge on any atom is -0.482 e. The Morgan fingerprint density at radius 1 is 1.15 bits per heavy atom. The van der Waals surface area contributed by atoms with Crippen LogP contribution in [-0.2, 0) is 6.61 Å². The molecule has 0 saturated heterocycles. The Bertz CT molecular complexity index is 1000. The van der Waals surface area contributed by atoms with E-state index in [-0.39, 0.29) is 18.1 Å². The molecule has 0 radical (unpaired) electrons. The molecule has 0 fully saturated rings. The van der Waals surface area contributed by atoms with Crippen molar-refractivity contribution in [3.8, 4) is 5.75 Å². The highest BCUT2D eigenvalue weighted by Gasteiger charge is 2.14. The molecule has 2 aromatic carbocycles. The highest BCUT2D eigenvalue weighted by molar-refractivity contribution is 6.33. The van der Waals surface area contributed by atoms with Gasteiger partial charge >= 0.3 is 0 Å². The molecule has 132 valence electrons. The smallest absolute Gasteiger partial charge is 0.291 e. The average Bonchev–Trinajstić information content (AvgIpc) is 2.63. The van der Waals surface area contributed by atoms with Gasteiger partial charge in [-0.25, -0.2) is 4.39 Å². The van der Waals surface area contributed by atoms with Crippen LogP contribution in [0.15, 0.2) is 70.1 Å². The number of amides is 1. The first-order valence-corrected chi connectivity index (χ1v) is 7.97. The topological polar surface area (TPSA) is 68.5 Å². The summed E-state index contributed by atoms with van der Waals surface area (Å²) < 4.78 is 24.0. The Morgan fingerprint density at radius 3 is 2.62 bits per heavy atom. The van der Waals surface area contributed by atoms with Gasteiger partial charge in [0.05, 0.1) is 10.7 Å². The third kappa shape index (κ3) is 4.10. The van der Waals surface area contributed by atoms with Gasteiger partial charge in [-0.2, -0.15) is 0 Å². The van der Waals surface area contributed by atoms with Gasteiger partial charge in [-0.1, -0.05) is 41.9 Å². The van der Waals surface area contributed by atoms with Crippen LogP contribution in [0.4, 0.5) is 10.1 Å². The minimum atomic E-state index is -0.629. The Kier molecular flexibility index (Phi) is 5.34. The average molecular weight is 374 g/mol. The standard InChI is InChI=1S/C19H13ClFNO4/c20-13-6-2-4-8-15(13)22-19(24)17-9-16(23)18(11-26-17)25-10-12-5-1-3-7-14(12)21/h1-9,11H,10H2,(H,22,24). The zero-order valence-electron chi connectivity index (χ0n) is 13.4. The second kappa shape index (κ2) is 7.84. The molecule has 3 rings (SSSR count). The molecule has 0 aliphatic heterocycles. The number of para-hydroxylation sites is 1. The number of anilines is 1. The summed E-state index contributed by atoms with van der Waals surface area (Å²) in [5.74, 6) is -1.39. The Balaban J connectivity index is 1.71. The summed E-state index contributed by atoms with van der Waals surface area (Å²) in [6, 6.07) is 13.7. The number of benzene rings is 2. The number of ether oxygens (including phenoxy) is 1. The maximum absolute atomic E-state index is 13.6. The molecule has 1 amide bonds. The summed E-state index contributed by atoms with van der Waals surface area (Å²) in [6.45, 7) is -0.136. The van der Waals surface area contributed by atoms with Crippen LogP contribution in [0.3, 0.4) is 0 Å². The second-order valence-corrected chi connectivity index (χ2v) is 5.69. The van der Waals surface area contributed by atoms with Crippen molar-refractivity contribution in [2.75, 3.05) is 5.32 Å². The van der Waals surface area contributed by atoms with Crippen molar-refractivity contribution >= 4 is 23.2 Å². The fraction of sp³-hybridized carbons (Fsp3) is 0.0526. The van der Waals surface area contributed by atoms with E-state index in [1.54, 1.807) is 42.5 Å². The molecule has 0 aliphatic rings. The molecule has 0 unspecified atom stereocenters. The molecule has 1 heterocycles. The van der Waals surface area contributed by atoms with Gasteiger partial charge < -0.3 is 14.5 Å². The molecule has 1 aromatic heterocycles. The summed E-state index contributed by atoms with van der Waals surface area (Å²) in [5, 5.41) is 2.90. The monoisotopic (exact) mass is 373 g/mol. The van der Waals surface area contributed by atoms with Gasteiger partial charge in [-0.3, -0.25) is 9.59 Å². The molecule has 5 nitrogen and oxygen atoms in total. The molecule has 26 heavy (non-hydrogen) atoms. The lowest BCUT2D eigenvalue weighted by Gasteiger charge is -2.08. The predicted octanol–water partition coefficient (Wildman–Crippen LogP) is 4.26. The molecular formula is C19H13ClFNO4. The van der Waals surface area contributed by atoms with Crippen molar-refractivity contribution in [3.63, 3.8) is 0 Å². The number of carbonyl (C=O) groups excluding carboxylic acids is 1. The van der Waals surface area contributed by atoms with E-state index in [4.69, 9.17) is 20.8 Å². The first-order valence-electron chi connectivity index (χ1n) is 7.59. The third-order valence-electron chi connectivity index (χ3n) is 3.48. The molecule has 0 aliphatic carbocycles. The van der Waals surface area contributed by atoms with Crippen LogP contribution in [0.5, 0.6) is 5.75 Å². The van der Waals surface area contributed by atoms with Crippen LogP contribution in [0, 0.1) is 5.82 Å². The van der Waals surface area contributed by atoms with E-state index in [9.17, 15) is 14.0 Å². The maximum atomic E-state index is 13.6. The minimum absolute atomic E-state index is 0.123. The zero-order chi connectivity index (χ0) is 18.5. The molecule has 0 spiro atoms. The van der Waals surface area contributed by atoms with Crippen LogP contribution in [-0.4, -0.2) is 5.91 Å². The van der Waals surface area contributed by atoms with E-state index >= 15 is 0 Å². The lowest BCUT2D eigenvalue weighted by atomic mass is 10.2. The highest BCUT2D eigenvalue weighted by atomic mass is 35.5. The van der Waals surface area contributed by atoms with Crippen molar-refractivity contribution in [1.82, 2.24) is 0 Å². The van der Waals surface area contributed by atoms with Crippen molar-refractivity contribution in [2.45, 2.75) is 6.61 Å². The zero-order valence-corrected chi connectivity index (χ0v) is 14.1. The first kappa shape index (κ1) is 17.7. The Labute approximate surface area is 153 Å². The Morgan fingerprint density at radius 2 is 1.88 bits per heavy atom. The molecule has 0 atom stereocenters. The third-order valence-corrected chi connectivity index (χ3v) is 3.81. The predicted molar refractivity (Wildman–Crippen MR) is 95.1 cm³/mol. The summed E-state index contributed by atoms with van der Waals surface area (Å²) in [7, 11) is 0. The highest BCUT2D eigenvalue weighted by Crippen LogP contribution is 2.21. The van der Waals surface area contributed by atoms with Gasteiger partial charge in [-0.05, 0) is 18.2 Å². The van der Waals surface area contributed by atoms with E-state index in [1.165, 1.54) is 6.07 Å². The summed E-state index contributed by atoms with van der Waals surface area (Å²) >= 11 is 5.97. The summed E-state index contributed by atoms with van der Waals surface area (Å²) in [4.78, 5) is 24.2. The van der Waals surface area contributed by atoms with Crippen LogP contribution in [0.25, 0.3) is 0 Å². The molecule has 3 aromatic rings. The van der Waals surface area contributed by atoms with E-state index in [2.05, 4.69) is 5.32 Å². The van der Waals surface area contributed by atoms with Gasteiger partial charge in [0, 0.05) is 11.6 Å². The SMILES string of the molecule is O=C(Nc1ccccc1Cl)c1cc(=O)c(OCc2ccccc2F)co1. The van der Waals surface area contributed by atoms with Gasteiger partial charge in [0.15, 0.2) is 5.76 Å². The van der Waals surface area contributed by atoms with Crippen molar-refractivity contribution < 1.29 is 18.3 Å². The lowest BCUT2D eigenvalue weighted by Crippen LogP contribution is -2.16. The molecule has 0 saturated carbocycles. The molecule has 0 bridgehead atoms. The van der Waals surface area contributed by atoms with Gasteiger partial charge in [0.2, 0.25) is 11.2 Å². The van der Waals surface area contributed by atoms with Gasteiger partial charge in [0.1, 0.15) is 18.7 Å². The molecule has 7 heteroatoms. The quantitative estimate of drug-likeness (QED) is 0.725. The molecular weight excluding hydrogens is 361 g/mol. The number of hydrogen-bond donors (Lipinski definition) is 1. The van der Waals surface area contributed by atoms with E-state index in [0.29, 0.717) is 16.3 Å². The second-order valence-electron chi connectivity index (χ2n) is 5.29. The van der Waals surface area contributed by atoms with Crippen molar-refractivity contribution in [3.05, 3.63) is 93.2 Å². The fourth-order valence-electron chi connectivity index (χ4n) is 2.14. The van der Waals surface area contributed by atoms with Crippen LogP contribution >= 0.6 is 11.6 Å². The van der Waals surface area contributed by atoms with E-state index in [1.807, 2.05) is 0 Å². The van der Waals surface area contributed by atoms with E-state index < -0.39 is 17.2 Å². The summed E-state index contributed by atoms with van der Waals surface area (Å²) in [5.41, 5.74) is 0.131. The van der Waals surface area contributed by atoms with Crippen molar-refractivity contribution in [2.24, 2.45) is 0 Å². The normalized spacial score (nSPS) is 10.4. The van der Waals surface area contributed by atoms with Crippen LogP contribution < -0.4 is 15.5 Å². The van der Waals surface area contributed by atoms with Crippen LogP contribution in [0.2, 0.25) is 5.02 Å². The number of hydrogen-bond acceptors (Lipinski definition) is 4.